The molecule has 1 aromatic rings. The minimum Gasteiger partial charge on any atom is -0.374 e. The summed E-state index contributed by atoms with van der Waals surface area (Å²) >= 11 is 0. The van der Waals surface area contributed by atoms with Crippen LogP contribution >= 0.6 is 0 Å². The van der Waals surface area contributed by atoms with E-state index in [2.05, 4.69) is 34.1 Å². The molecule has 20 heavy (non-hydrogen) atoms. The maximum Gasteiger partial charge on any atom is 0.158 e. The lowest BCUT2D eigenvalue weighted by atomic mass is 9.95. The van der Waals surface area contributed by atoms with E-state index in [0.29, 0.717) is 36.8 Å². The number of piperidine rings is 1. The molecule has 1 fully saturated rings. The lowest BCUT2D eigenvalue weighted by Crippen LogP contribution is -2.41. The van der Waals surface area contributed by atoms with Crippen molar-refractivity contribution in [3.8, 4) is 0 Å². The topological polar surface area (TPSA) is 76.3 Å². The van der Waals surface area contributed by atoms with E-state index >= 15 is 0 Å². The average Bonchev–Trinajstić information content (AvgIpc) is 2.47. The number of nitrogen functional groups attached to an aromatic ring is 1. The molecule has 1 aromatic heterocycles. The molecule has 6 heteroatoms. The molecule has 2 atom stereocenters. The van der Waals surface area contributed by atoms with Gasteiger partial charge in [-0.05, 0) is 32.6 Å². The Bertz CT molecular complexity index is 440. The third kappa shape index (κ3) is 3.58. The van der Waals surface area contributed by atoms with E-state index in [-0.39, 0.29) is 0 Å². The zero-order valence-electron chi connectivity index (χ0n) is 12.6. The van der Waals surface area contributed by atoms with E-state index in [0.717, 1.165) is 12.4 Å². The molecule has 0 bridgehead atoms. The summed E-state index contributed by atoms with van der Waals surface area (Å²) in [5.41, 5.74) is 2.62. The molecule has 6 nitrogen and oxygen atoms in total. The predicted octanol–water partition coefficient (Wildman–Crippen LogP) is 1.92. The minimum absolute atomic E-state index is 0.413. The number of anilines is 2. The van der Waals surface area contributed by atoms with Gasteiger partial charge in [0.2, 0.25) is 0 Å². The first-order chi connectivity index (χ1) is 9.63. The molecule has 2 heterocycles. The molecular formula is C14H25N5O. The molecule has 0 amide bonds. The zero-order chi connectivity index (χ0) is 14.5. The number of hydrogen-bond acceptors (Lipinski definition) is 6. The third-order valence-electron chi connectivity index (χ3n) is 3.75. The van der Waals surface area contributed by atoms with Crippen LogP contribution in [0.1, 0.15) is 39.4 Å². The molecular weight excluding hydrogens is 254 g/mol. The normalized spacial score (nSPS) is 22.9. The monoisotopic (exact) mass is 279 g/mol. The Kier molecular flexibility index (Phi) is 5.14. The summed E-state index contributed by atoms with van der Waals surface area (Å²) in [5.74, 6) is 8.43. The van der Waals surface area contributed by atoms with Gasteiger partial charge in [0, 0.05) is 25.3 Å². The molecule has 1 aliphatic rings. The Morgan fingerprint density at radius 2 is 2.20 bits per heavy atom. The fourth-order valence-corrected chi connectivity index (χ4v) is 2.57. The molecule has 112 valence electrons. The first kappa shape index (κ1) is 15.0. The van der Waals surface area contributed by atoms with Crippen molar-refractivity contribution in [2.45, 2.75) is 46.3 Å². The van der Waals surface area contributed by atoms with Gasteiger partial charge < -0.3 is 15.1 Å². The maximum atomic E-state index is 5.51. The van der Waals surface area contributed by atoms with Gasteiger partial charge in [-0.15, -0.1) is 0 Å². The summed E-state index contributed by atoms with van der Waals surface area (Å²) in [6.45, 7) is 8.57. The first-order valence-corrected chi connectivity index (χ1v) is 7.33. The van der Waals surface area contributed by atoms with Crippen LogP contribution in [-0.4, -0.2) is 29.2 Å². The average molecular weight is 279 g/mol. The van der Waals surface area contributed by atoms with Crippen LogP contribution in [0.4, 0.5) is 11.6 Å². The molecule has 0 saturated carbocycles. The zero-order valence-corrected chi connectivity index (χ0v) is 12.6. The Morgan fingerprint density at radius 3 is 2.90 bits per heavy atom. The van der Waals surface area contributed by atoms with E-state index in [4.69, 9.17) is 10.6 Å². The molecule has 1 aliphatic heterocycles. The van der Waals surface area contributed by atoms with Crippen molar-refractivity contribution in [1.29, 1.82) is 0 Å². The van der Waals surface area contributed by atoms with Crippen LogP contribution in [0.2, 0.25) is 0 Å². The maximum absolute atomic E-state index is 5.51. The summed E-state index contributed by atoms with van der Waals surface area (Å²) in [6, 6.07) is 2.40. The van der Waals surface area contributed by atoms with Crippen LogP contribution < -0.4 is 16.2 Å². The largest absolute Gasteiger partial charge is 0.374 e. The number of nitrogens with two attached hydrogens (primary N) is 1. The Balaban J connectivity index is 2.24. The molecule has 0 aliphatic carbocycles. The number of nitrogens with one attached hydrogen (secondary N) is 1. The van der Waals surface area contributed by atoms with Gasteiger partial charge in [0.1, 0.15) is 18.2 Å². The fraction of sp³-hybridized carbons (Fsp3) is 0.714. The van der Waals surface area contributed by atoms with Gasteiger partial charge in [0.25, 0.3) is 0 Å². The SMILES string of the molecule is CCOCc1nc(NN)cc(N2CC(C)CCC2C)n1. The van der Waals surface area contributed by atoms with Gasteiger partial charge in [-0.2, -0.15) is 0 Å². The Hall–Kier alpha value is -1.40. The van der Waals surface area contributed by atoms with Crippen molar-refractivity contribution in [2.75, 3.05) is 23.5 Å². The Labute approximate surface area is 120 Å². The van der Waals surface area contributed by atoms with Crippen LogP contribution in [0.5, 0.6) is 0 Å². The van der Waals surface area contributed by atoms with E-state index in [9.17, 15) is 0 Å². The summed E-state index contributed by atoms with van der Waals surface area (Å²) in [6.07, 6.45) is 2.47. The number of nitrogens with zero attached hydrogens (tertiary/aromatic N) is 3. The highest BCUT2D eigenvalue weighted by molar-refractivity contribution is 5.49. The summed E-state index contributed by atoms with van der Waals surface area (Å²) in [5, 5.41) is 0. The summed E-state index contributed by atoms with van der Waals surface area (Å²) in [4.78, 5) is 11.3. The van der Waals surface area contributed by atoms with Gasteiger partial charge in [0.15, 0.2) is 5.82 Å². The third-order valence-corrected chi connectivity index (χ3v) is 3.75. The van der Waals surface area contributed by atoms with Crippen molar-refractivity contribution in [3.63, 3.8) is 0 Å². The van der Waals surface area contributed by atoms with Crippen LogP contribution in [0.25, 0.3) is 0 Å². The molecule has 0 spiro atoms. The molecule has 0 aromatic carbocycles. The van der Waals surface area contributed by atoms with Crippen molar-refractivity contribution in [1.82, 2.24) is 9.97 Å². The van der Waals surface area contributed by atoms with E-state index in [1.807, 2.05) is 13.0 Å². The van der Waals surface area contributed by atoms with E-state index in [1.165, 1.54) is 12.8 Å². The molecule has 2 unspecified atom stereocenters. The van der Waals surface area contributed by atoms with Crippen molar-refractivity contribution >= 4 is 11.6 Å². The number of hydrogen-bond donors (Lipinski definition) is 2. The standard InChI is InChI=1S/C14H25N5O/c1-4-20-9-13-16-12(18-15)7-14(17-13)19-8-10(2)5-6-11(19)3/h7,10-11H,4-6,8-9,15H2,1-3H3,(H,16,17,18). The van der Waals surface area contributed by atoms with Crippen LogP contribution in [0, 0.1) is 5.92 Å². The number of ether oxygens (including phenoxy) is 1. The summed E-state index contributed by atoms with van der Waals surface area (Å²) < 4.78 is 5.40. The van der Waals surface area contributed by atoms with Gasteiger partial charge in [-0.25, -0.2) is 15.8 Å². The van der Waals surface area contributed by atoms with Gasteiger partial charge in [-0.3, -0.25) is 0 Å². The van der Waals surface area contributed by atoms with E-state index in [1.54, 1.807) is 0 Å². The number of rotatable bonds is 5. The minimum atomic E-state index is 0.413. The highest BCUT2D eigenvalue weighted by atomic mass is 16.5. The predicted molar refractivity (Wildman–Crippen MR) is 80.4 cm³/mol. The highest BCUT2D eigenvalue weighted by Gasteiger charge is 2.24. The molecule has 1 saturated heterocycles. The lowest BCUT2D eigenvalue weighted by molar-refractivity contribution is 0.128. The van der Waals surface area contributed by atoms with Gasteiger partial charge in [-0.1, -0.05) is 6.92 Å². The van der Waals surface area contributed by atoms with Crippen molar-refractivity contribution in [2.24, 2.45) is 11.8 Å². The van der Waals surface area contributed by atoms with Crippen molar-refractivity contribution in [3.05, 3.63) is 11.9 Å². The van der Waals surface area contributed by atoms with Gasteiger partial charge in [0.05, 0.1) is 0 Å². The quantitative estimate of drug-likeness (QED) is 0.633. The number of aromatic nitrogens is 2. The van der Waals surface area contributed by atoms with Crippen LogP contribution in [-0.2, 0) is 11.3 Å². The second-order valence-electron chi connectivity index (χ2n) is 5.49. The molecule has 3 N–H and O–H groups in total. The molecule has 2 rings (SSSR count). The van der Waals surface area contributed by atoms with Crippen LogP contribution in [0.3, 0.4) is 0 Å². The number of hydrazine groups is 1. The highest BCUT2D eigenvalue weighted by Crippen LogP contribution is 2.27. The smallest absolute Gasteiger partial charge is 0.158 e. The lowest BCUT2D eigenvalue weighted by Gasteiger charge is -2.37. The van der Waals surface area contributed by atoms with Crippen LogP contribution in [0.15, 0.2) is 6.07 Å². The second-order valence-corrected chi connectivity index (χ2v) is 5.49. The van der Waals surface area contributed by atoms with E-state index < -0.39 is 0 Å². The van der Waals surface area contributed by atoms with Crippen molar-refractivity contribution < 1.29 is 4.74 Å². The second kappa shape index (κ2) is 6.85. The molecule has 0 radical (unpaired) electrons. The first-order valence-electron chi connectivity index (χ1n) is 7.33. The fourth-order valence-electron chi connectivity index (χ4n) is 2.57. The van der Waals surface area contributed by atoms with Gasteiger partial charge >= 0.3 is 0 Å². The Morgan fingerprint density at radius 1 is 1.40 bits per heavy atom. The summed E-state index contributed by atoms with van der Waals surface area (Å²) in [7, 11) is 0.